The molecule has 1 amide bonds. The fourth-order valence-corrected chi connectivity index (χ4v) is 2.69. The van der Waals surface area contributed by atoms with E-state index in [-0.39, 0.29) is 5.91 Å². The van der Waals surface area contributed by atoms with Crippen LogP contribution in [-0.2, 0) is 17.6 Å². The molecule has 3 aromatic rings. The molecule has 0 aliphatic heterocycles. The third kappa shape index (κ3) is 5.67. The summed E-state index contributed by atoms with van der Waals surface area (Å²) >= 11 is 0. The van der Waals surface area contributed by atoms with E-state index in [0.29, 0.717) is 37.5 Å². The third-order valence-corrected chi connectivity index (χ3v) is 4.19. The lowest BCUT2D eigenvalue weighted by Gasteiger charge is -2.04. The summed E-state index contributed by atoms with van der Waals surface area (Å²) in [5.74, 6) is 1.90. The van der Waals surface area contributed by atoms with Crippen molar-refractivity contribution in [1.82, 2.24) is 15.5 Å². The van der Waals surface area contributed by atoms with E-state index in [0.717, 1.165) is 17.7 Å². The molecule has 6 heteroatoms. The first-order valence-corrected chi connectivity index (χ1v) is 9.02. The van der Waals surface area contributed by atoms with Gasteiger partial charge in [0.05, 0.1) is 7.11 Å². The zero-order chi connectivity index (χ0) is 18.9. The standard InChI is InChI=1S/C21H23N3O3/c1-26-18-12-10-17(11-13-18)21-23-20(27-24-21)9-5-8-19(25)22-15-14-16-6-3-2-4-7-16/h2-4,6-7,10-13H,5,8-9,14-15H2,1H3,(H,22,25). The topological polar surface area (TPSA) is 77.2 Å². The number of hydrogen-bond acceptors (Lipinski definition) is 5. The SMILES string of the molecule is COc1ccc(-c2noc(CCCC(=O)NCCc3ccccc3)n2)cc1. The van der Waals surface area contributed by atoms with Crippen LogP contribution in [0.3, 0.4) is 0 Å². The van der Waals surface area contributed by atoms with Crippen LogP contribution in [0, 0.1) is 0 Å². The van der Waals surface area contributed by atoms with Gasteiger partial charge < -0.3 is 14.6 Å². The van der Waals surface area contributed by atoms with Crippen molar-refractivity contribution in [1.29, 1.82) is 0 Å². The van der Waals surface area contributed by atoms with E-state index in [1.807, 2.05) is 42.5 Å². The zero-order valence-corrected chi connectivity index (χ0v) is 15.4. The van der Waals surface area contributed by atoms with Crippen LogP contribution in [0.2, 0.25) is 0 Å². The van der Waals surface area contributed by atoms with Crippen LogP contribution in [0.15, 0.2) is 59.1 Å². The Hall–Kier alpha value is -3.15. The fourth-order valence-electron chi connectivity index (χ4n) is 2.69. The number of carbonyl (C=O) groups is 1. The Bertz CT molecular complexity index is 845. The molecule has 0 saturated carbocycles. The van der Waals surface area contributed by atoms with E-state index in [1.165, 1.54) is 5.56 Å². The third-order valence-electron chi connectivity index (χ3n) is 4.19. The molecule has 0 spiro atoms. The number of rotatable bonds is 9. The number of aryl methyl sites for hydroxylation is 1. The number of carbonyl (C=O) groups excluding carboxylic acids is 1. The van der Waals surface area contributed by atoms with Gasteiger partial charge in [-0.25, -0.2) is 0 Å². The lowest BCUT2D eigenvalue weighted by Crippen LogP contribution is -2.25. The van der Waals surface area contributed by atoms with Gasteiger partial charge in [-0.3, -0.25) is 4.79 Å². The summed E-state index contributed by atoms with van der Waals surface area (Å²) in [6.45, 7) is 0.644. The van der Waals surface area contributed by atoms with E-state index >= 15 is 0 Å². The largest absolute Gasteiger partial charge is 0.497 e. The van der Waals surface area contributed by atoms with Gasteiger partial charge in [0, 0.05) is 24.9 Å². The van der Waals surface area contributed by atoms with Gasteiger partial charge in [-0.15, -0.1) is 0 Å². The molecular weight excluding hydrogens is 342 g/mol. The maximum atomic E-state index is 11.9. The minimum absolute atomic E-state index is 0.0424. The van der Waals surface area contributed by atoms with Crippen molar-refractivity contribution in [3.63, 3.8) is 0 Å². The maximum absolute atomic E-state index is 11.9. The molecule has 1 heterocycles. The van der Waals surface area contributed by atoms with Crippen molar-refractivity contribution >= 4 is 5.91 Å². The summed E-state index contributed by atoms with van der Waals surface area (Å²) < 4.78 is 10.4. The van der Waals surface area contributed by atoms with Crippen LogP contribution in [0.1, 0.15) is 24.3 Å². The van der Waals surface area contributed by atoms with Crippen molar-refractivity contribution in [2.45, 2.75) is 25.7 Å². The van der Waals surface area contributed by atoms with E-state index < -0.39 is 0 Å². The molecule has 0 radical (unpaired) electrons. The van der Waals surface area contributed by atoms with Crippen molar-refractivity contribution in [2.75, 3.05) is 13.7 Å². The predicted octanol–water partition coefficient (Wildman–Crippen LogP) is 3.43. The highest BCUT2D eigenvalue weighted by Gasteiger charge is 2.10. The highest BCUT2D eigenvalue weighted by molar-refractivity contribution is 5.75. The molecule has 3 rings (SSSR count). The summed E-state index contributed by atoms with van der Waals surface area (Å²) in [4.78, 5) is 16.3. The molecule has 1 N–H and O–H groups in total. The molecule has 0 atom stereocenters. The Balaban J connectivity index is 1.38. The van der Waals surface area contributed by atoms with Crippen molar-refractivity contribution < 1.29 is 14.1 Å². The first kappa shape index (κ1) is 18.6. The number of benzene rings is 2. The Morgan fingerprint density at radius 3 is 2.59 bits per heavy atom. The van der Waals surface area contributed by atoms with Gasteiger partial charge in [-0.05, 0) is 42.7 Å². The van der Waals surface area contributed by atoms with Crippen LogP contribution in [0.5, 0.6) is 5.75 Å². The van der Waals surface area contributed by atoms with E-state index in [9.17, 15) is 4.79 Å². The molecule has 27 heavy (non-hydrogen) atoms. The van der Waals surface area contributed by atoms with Gasteiger partial charge in [0.25, 0.3) is 0 Å². The number of ether oxygens (including phenoxy) is 1. The molecular formula is C21H23N3O3. The molecule has 0 fully saturated rings. The molecule has 0 unspecified atom stereocenters. The highest BCUT2D eigenvalue weighted by Crippen LogP contribution is 2.20. The number of nitrogens with zero attached hydrogens (tertiary/aromatic N) is 2. The number of methoxy groups -OCH3 is 1. The Morgan fingerprint density at radius 1 is 1.07 bits per heavy atom. The highest BCUT2D eigenvalue weighted by atomic mass is 16.5. The number of aromatic nitrogens is 2. The van der Waals surface area contributed by atoms with Crippen LogP contribution >= 0.6 is 0 Å². The molecule has 0 saturated heterocycles. The fraction of sp³-hybridized carbons (Fsp3) is 0.286. The lowest BCUT2D eigenvalue weighted by atomic mass is 10.1. The molecule has 0 bridgehead atoms. The second-order valence-electron chi connectivity index (χ2n) is 6.18. The molecule has 140 valence electrons. The van der Waals surface area contributed by atoms with Crippen molar-refractivity contribution in [3.8, 4) is 17.1 Å². The van der Waals surface area contributed by atoms with Gasteiger partial charge in [-0.1, -0.05) is 35.5 Å². The van der Waals surface area contributed by atoms with Gasteiger partial charge in [-0.2, -0.15) is 4.98 Å². The van der Waals surface area contributed by atoms with Crippen LogP contribution in [0.4, 0.5) is 0 Å². The van der Waals surface area contributed by atoms with Gasteiger partial charge in [0.1, 0.15) is 5.75 Å². The normalized spacial score (nSPS) is 10.6. The Morgan fingerprint density at radius 2 is 1.85 bits per heavy atom. The van der Waals surface area contributed by atoms with Gasteiger partial charge in [0.2, 0.25) is 17.6 Å². The monoisotopic (exact) mass is 365 g/mol. The van der Waals surface area contributed by atoms with Crippen LogP contribution < -0.4 is 10.1 Å². The summed E-state index contributed by atoms with van der Waals surface area (Å²) in [6, 6.07) is 17.6. The summed E-state index contributed by atoms with van der Waals surface area (Å²) in [7, 11) is 1.62. The second kappa shape index (κ2) is 9.52. The number of hydrogen-bond donors (Lipinski definition) is 1. The maximum Gasteiger partial charge on any atom is 0.226 e. The molecule has 6 nitrogen and oxygen atoms in total. The lowest BCUT2D eigenvalue weighted by molar-refractivity contribution is -0.121. The van der Waals surface area contributed by atoms with E-state index in [4.69, 9.17) is 9.26 Å². The van der Waals surface area contributed by atoms with Crippen LogP contribution in [-0.4, -0.2) is 29.7 Å². The summed E-state index contributed by atoms with van der Waals surface area (Å²) in [6.07, 6.45) is 2.52. The molecule has 0 aliphatic rings. The average Bonchev–Trinajstić information content (AvgIpc) is 3.18. The Kier molecular flexibility index (Phi) is 6.57. The minimum atomic E-state index is 0.0424. The summed E-state index contributed by atoms with van der Waals surface area (Å²) in [5.41, 5.74) is 2.08. The van der Waals surface area contributed by atoms with Gasteiger partial charge in [0.15, 0.2) is 0 Å². The first-order chi connectivity index (χ1) is 13.2. The zero-order valence-electron chi connectivity index (χ0n) is 15.4. The van der Waals surface area contributed by atoms with Crippen molar-refractivity contribution in [2.24, 2.45) is 0 Å². The predicted molar refractivity (Wildman–Crippen MR) is 102 cm³/mol. The Labute approximate surface area is 158 Å². The molecule has 0 aliphatic carbocycles. The van der Waals surface area contributed by atoms with Gasteiger partial charge >= 0.3 is 0 Å². The van der Waals surface area contributed by atoms with Crippen LogP contribution in [0.25, 0.3) is 11.4 Å². The quantitative estimate of drug-likeness (QED) is 0.629. The van der Waals surface area contributed by atoms with E-state index in [1.54, 1.807) is 7.11 Å². The second-order valence-corrected chi connectivity index (χ2v) is 6.18. The number of nitrogens with one attached hydrogen (secondary N) is 1. The molecule has 1 aromatic heterocycles. The average molecular weight is 365 g/mol. The van der Waals surface area contributed by atoms with Crippen molar-refractivity contribution in [3.05, 3.63) is 66.1 Å². The molecule has 2 aromatic carbocycles. The smallest absolute Gasteiger partial charge is 0.226 e. The summed E-state index contributed by atoms with van der Waals surface area (Å²) in [5, 5.41) is 6.94. The first-order valence-electron chi connectivity index (χ1n) is 9.02. The minimum Gasteiger partial charge on any atom is -0.497 e. The number of amides is 1. The van der Waals surface area contributed by atoms with E-state index in [2.05, 4.69) is 27.6 Å².